The number of aromatic nitrogens is 2. The standard InChI is InChI=1S/C14H27N5O/c1-6-7-8-9-16-13(15-5)17-10-11-18-12(20-19-11)14(2,3)4/h6-10H2,1-5H3,(H2,15,16,17). The van der Waals surface area contributed by atoms with Crippen LogP contribution < -0.4 is 10.6 Å². The predicted octanol–water partition coefficient (Wildman–Crippen LogP) is 2.22. The van der Waals surface area contributed by atoms with Crippen LogP contribution in [-0.2, 0) is 12.0 Å². The first-order valence-corrected chi connectivity index (χ1v) is 7.25. The minimum absolute atomic E-state index is 0.120. The van der Waals surface area contributed by atoms with Gasteiger partial charge in [-0.15, -0.1) is 0 Å². The van der Waals surface area contributed by atoms with Crippen LogP contribution in [0.2, 0.25) is 0 Å². The Morgan fingerprint density at radius 1 is 1.25 bits per heavy atom. The minimum Gasteiger partial charge on any atom is -0.356 e. The van der Waals surface area contributed by atoms with Crippen molar-refractivity contribution in [3.05, 3.63) is 11.7 Å². The van der Waals surface area contributed by atoms with Crippen molar-refractivity contribution in [1.82, 2.24) is 20.8 Å². The molecule has 0 spiro atoms. The second-order valence-electron chi connectivity index (χ2n) is 5.83. The second kappa shape index (κ2) is 7.87. The Labute approximate surface area is 121 Å². The lowest BCUT2D eigenvalue weighted by atomic mass is 9.97. The van der Waals surface area contributed by atoms with Gasteiger partial charge >= 0.3 is 0 Å². The lowest BCUT2D eigenvalue weighted by Gasteiger charge is -2.11. The van der Waals surface area contributed by atoms with Gasteiger partial charge < -0.3 is 15.2 Å². The van der Waals surface area contributed by atoms with Crippen LogP contribution in [0.3, 0.4) is 0 Å². The fourth-order valence-corrected chi connectivity index (χ4v) is 1.60. The van der Waals surface area contributed by atoms with E-state index in [1.165, 1.54) is 12.8 Å². The topological polar surface area (TPSA) is 75.3 Å². The van der Waals surface area contributed by atoms with E-state index in [-0.39, 0.29) is 5.41 Å². The van der Waals surface area contributed by atoms with Gasteiger partial charge in [0.15, 0.2) is 11.8 Å². The molecule has 0 saturated heterocycles. The van der Waals surface area contributed by atoms with Crippen molar-refractivity contribution in [2.24, 2.45) is 4.99 Å². The van der Waals surface area contributed by atoms with E-state index in [2.05, 4.69) is 32.7 Å². The molecule has 1 rings (SSSR count). The van der Waals surface area contributed by atoms with E-state index in [9.17, 15) is 0 Å². The van der Waals surface area contributed by atoms with Crippen LogP contribution in [0.15, 0.2) is 9.52 Å². The summed E-state index contributed by atoms with van der Waals surface area (Å²) in [7, 11) is 1.76. The summed E-state index contributed by atoms with van der Waals surface area (Å²) < 4.78 is 5.25. The summed E-state index contributed by atoms with van der Waals surface area (Å²) in [5.74, 6) is 2.06. The van der Waals surface area contributed by atoms with E-state index in [0.717, 1.165) is 18.9 Å². The maximum absolute atomic E-state index is 5.25. The molecule has 0 saturated carbocycles. The van der Waals surface area contributed by atoms with Crippen LogP contribution >= 0.6 is 0 Å². The number of unbranched alkanes of at least 4 members (excludes halogenated alkanes) is 2. The van der Waals surface area contributed by atoms with Crippen molar-refractivity contribution < 1.29 is 4.52 Å². The van der Waals surface area contributed by atoms with Crippen LogP contribution in [0.4, 0.5) is 0 Å². The van der Waals surface area contributed by atoms with E-state index < -0.39 is 0 Å². The highest BCUT2D eigenvalue weighted by Crippen LogP contribution is 2.19. The zero-order valence-corrected chi connectivity index (χ0v) is 13.3. The van der Waals surface area contributed by atoms with E-state index >= 15 is 0 Å². The molecular weight excluding hydrogens is 254 g/mol. The van der Waals surface area contributed by atoms with Gasteiger partial charge in [0.05, 0.1) is 6.54 Å². The van der Waals surface area contributed by atoms with Gasteiger partial charge in [-0.25, -0.2) is 0 Å². The van der Waals surface area contributed by atoms with Gasteiger partial charge in [-0.2, -0.15) is 4.98 Å². The van der Waals surface area contributed by atoms with Crippen molar-refractivity contribution in [3.8, 4) is 0 Å². The summed E-state index contributed by atoms with van der Waals surface area (Å²) in [5.41, 5.74) is -0.120. The van der Waals surface area contributed by atoms with Gasteiger partial charge in [-0.3, -0.25) is 4.99 Å². The van der Waals surface area contributed by atoms with Crippen molar-refractivity contribution in [2.45, 2.75) is 58.9 Å². The van der Waals surface area contributed by atoms with Crippen molar-refractivity contribution >= 4 is 5.96 Å². The largest absolute Gasteiger partial charge is 0.356 e. The summed E-state index contributed by atoms with van der Waals surface area (Å²) in [6, 6.07) is 0. The Morgan fingerprint density at radius 3 is 2.55 bits per heavy atom. The first kappa shape index (κ1) is 16.5. The molecule has 0 bridgehead atoms. The Kier molecular flexibility index (Phi) is 6.48. The molecule has 0 aromatic carbocycles. The summed E-state index contributed by atoms with van der Waals surface area (Å²) in [5, 5.41) is 10.4. The van der Waals surface area contributed by atoms with Crippen molar-refractivity contribution in [1.29, 1.82) is 0 Å². The molecule has 1 aromatic rings. The number of aliphatic imine (C=N–C) groups is 1. The summed E-state index contributed by atoms with van der Waals surface area (Å²) in [6.07, 6.45) is 3.59. The molecule has 0 atom stereocenters. The maximum atomic E-state index is 5.25. The Bertz CT molecular complexity index is 419. The lowest BCUT2D eigenvalue weighted by molar-refractivity contribution is 0.318. The first-order valence-electron chi connectivity index (χ1n) is 7.25. The van der Waals surface area contributed by atoms with E-state index in [1.54, 1.807) is 7.05 Å². The minimum atomic E-state index is -0.120. The third-order valence-electron chi connectivity index (χ3n) is 2.82. The lowest BCUT2D eigenvalue weighted by Crippen LogP contribution is -2.37. The molecule has 0 fully saturated rings. The molecule has 20 heavy (non-hydrogen) atoms. The van der Waals surface area contributed by atoms with Gasteiger partial charge in [-0.05, 0) is 6.42 Å². The molecule has 0 aliphatic rings. The van der Waals surface area contributed by atoms with Crippen LogP contribution in [0.25, 0.3) is 0 Å². The third-order valence-corrected chi connectivity index (χ3v) is 2.82. The Balaban J connectivity index is 2.39. The van der Waals surface area contributed by atoms with Crippen molar-refractivity contribution in [2.75, 3.05) is 13.6 Å². The van der Waals surface area contributed by atoms with Gasteiger partial charge in [0.1, 0.15) is 0 Å². The third kappa shape index (κ3) is 5.59. The summed E-state index contributed by atoms with van der Waals surface area (Å²) >= 11 is 0. The fraction of sp³-hybridized carbons (Fsp3) is 0.786. The van der Waals surface area contributed by atoms with Gasteiger partial charge in [0.25, 0.3) is 0 Å². The molecule has 0 unspecified atom stereocenters. The zero-order chi connectivity index (χ0) is 15.0. The smallest absolute Gasteiger partial charge is 0.232 e. The fourth-order valence-electron chi connectivity index (χ4n) is 1.60. The molecule has 1 heterocycles. The molecule has 0 amide bonds. The number of hydrogen-bond acceptors (Lipinski definition) is 4. The SMILES string of the molecule is CCCCCNC(=NC)NCc1noc(C(C)(C)C)n1. The normalized spacial score (nSPS) is 12.6. The van der Waals surface area contributed by atoms with Crippen LogP contribution in [0, 0.1) is 0 Å². The summed E-state index contributed by atoms with van der Waals surface area (Å²) in [4.78, 5) is 8.54. The molecule has 0 radical (unpaired) electrons. The molecule has 6 nitrogen and oxygen atoms in total. The van der Waals surface area contributed by atoms with E-state index in [4.69, 9.17) is 4.52 Å². The number of guanidine groups is 1. The average molecular weight is 281 g/mol. The summed E-state index contributed by atoms with van der Waals surface area (Å²) in [6.45, 7) is 9.76. The van der Waals surface area contributed by atoms with Crippen LogP contribution in [0.1, 0.15) is 58.7 Å². The van der Waals surface area contributed by atoms with Gasteiger partial charge in [0.2, 0.25) is 5.89 Å². The monoisotopic (exact) mass is 281 g/mol. The number of nitrogens with zero attached hydrogens (tertiary/aromatic N) is 3. The zero-order valence-electron chi connectivity index (χ0n) is 13.3. The van der Waals surface area contributed by atoms with Crippen LogP contribution in [-0.4, -0.2) is 29.7 Å². The van der Waals surface area contributed by atoms with E-state index in [0.29, 0.717) is 18.3 Å². The molecular formula is C14H27N5O. The van der Waals surface area contributed by atoms with Crippen LogP contribution in [0.5, 0.6) is 0 Å². The number of nitrogens with one attached hydrogen (secondary N) is 2. The molecule has 2 N–H and O–H groups in total. The van der Waals surface area contributed by atoms with Gasteiger partial charge in [0, 0.05) is 19.0 Å². The highest BCUT2D eigenvalue weighted by molar-refractivity contribution is 5.79. The second-order valence-corrected chi connectivity index (χ2v) is 5.83. The number of rotatable bonds is 6. The molecule has 114 valence electrons. The highest BCUT2D eigenvalue weighted by atomic mass is 16.5. The molecule has 6 heteroatoms. The Hall–Kier alpha value is -1.59. The quantitative estimate of drug-likeness (QED) is 0.475. The molecule has 0 aliphatic heterocycles. The number of hydrogen-bond donors (Lipinski definition) is 2. The maximum Gasteiger partial charge on any atom is 0.232 e. The molecule has 0 aliphatic carbocycles. The van der Waals surface area contributed by atoms with Crippen molar-refractivity contribution in [3.63, 3.8) is 0 Å². The average Bonchev–Trinajstić information content (AvgIpc) is 2.87. The highest BCUT2D eigenvalue weighted by Gasteiger charge is 2.21. The predicted molar refractivity (Wildman–Crippen MR) is 80.7 cm³/mol. The van der Waals surface area contributed by atoms with Gasteiger partial charge in [-0.1, -0.05) is 45.7 Å². The molecule has 1 aromatic heterocycles. The first-order chi connectivity index (χ1) is 9.47. The Morgan fingerprint density at radius 2 is 2.00 bits per heavy atom. The van der Waals surface area contributed by atoms with E-state index in [1.807, 2.05) is 20.8 Å².